The molecule has 0 spiro atoms. The fourth-order valence-electron chi connectivity index (χ4n) is 5.25. The second-order valence-electron chi connectivity index (χ2n) is 9.72. The molecular formula is C25H38N2O7. The van der Waals surface area contributed by atoms with Gasteiger partial charge in [-0.2, -0.15) is 0 Å². The van der Waals surface area contributed by atoms with E-state index in [1.165, 1.54) is 11.1 Å². The number of amides is 1. The number of hydrogen-bond donors (Lipinski definition) is 3. The number of ether oxygens (including phenoxy) is 3. The molecule has 0 bridgehead atoms. The molecule has 4 atom stereocenters. The van der Waals surface area contributed by atoms with Crippen LogP contribution >= 0.6 is 0 Å². The molecule has 9 nitrogen and oxygen atoms in total. The highest BCUT2D eigenvalue weighted by Crippen LogP contribution is 2.45. The van der Waals surface area contributed by atoms with Crippen molar-refractivity contribution in [2.45, 2.75) is 51.7 Å². The minimum atomic E-state index is -1.50. The predicted molar refractivity (Wildman–Crippen MR) is 126 cm³/mol. The van der Waals surface area contributed by atoms with E-state index in [1.54, 1.807) is 14.2 Å². The van der Waals surface area contributed by atoms with E-state index in [4.69, 9.17) is 19.3 Å². The molecule has 3 rings (SSSR count). The van der Waals surface area contributed by atoms with E-state index in [0.717, 1.165) is 43.9 Å². The number of aliphatic hydroxyl groups excluding tert-OH is 1. The van der Waals surface area contributed by atoms with Crippen molar-refractivity contribution in [2.75, 3.05) is 40.5 Å². The average Bonchev–Trinajstić information content (AvgIpc) is 2.81. The minimum Gasteiger partial charge on any atom is -0.493 e. The predicted octanol–water partition coefficient (Wildman–Crippen LogP) is 2.85. The Balaban J connectivity index is 1.68. The van der Waals surface area contributed by atoms with Crippen LogP contribution in [-0.2, 0) is 16.0 Å². The van der Waals surface area contributed by atoms with E-state index in [1.807, 2.05) is 0 Å². The molecule has 0 aromatic heterocycles. The van der Waals surface area contributed by atoms with Crippen LogP contribution in [0.2, 0.25) is 0 Å². The van der Waals surface area contributed by atoms with Gasteiger partial charge < -0.3 is 29.7 Å². The lowest BCUT2D eigenvalue weighted by Gasteiger charge is -2.47. The van der Waals surface area contributed by atoms with Crippen LogP contribution in [0.15, 0.2) is 12.1 Å². The average molecular weight is 479 g/mol. The highest BCUT2D eigenvalue weighted by molar-refractivity contribution is 5.72. The van der Waals surface area contributed by atoms with Crippen molar-refractivity contribution in [1.82, 2.24) is 10.2 Å². The number of nitrogens with zero attached hydrogens (tertiary/aromatic N) is 1. The molecule has 0 aliphatic carbocycles. The third-order valence-corrected chi connectivity index (χ3v) is 6.95. The van der Waals surface area contributed by atoms with E-state index in [2.05, 4.69) is 36.2 Å². The molecule has 2 heterocycles. The molecule has 3 N–H and O–H groups in total. The summed E-state index contributed by atoms with van der Waals surface area (Å²) < 4.78 is 16.6. The fourth-order valence-corrected chi connectivity index (χ4v) is 5.25. The first-order chi connectivity index (χ1) is 16.2. The molecule has 0 saturated carbocycles. The Morgan fingerprint density at radius 1 is 1.18 bits per heavy atom. The number of methoxy groups -OCH3 is 2. The number of carboxylic acid groups (broad SMARTS) is 1. The topological polar surface area (TPSA) is 118 Å². The summed E-state index contributed by atoms with van der Waals surface area (Å²) in [7, 11) is 3.30. The van der Waals surface area contributed by atoms with Crippen molar-refractivity contribution in [3.05, 3.63) is 23.3 Å². The molecule has 9 heteroatoms. The Morgan fingerprint density at radius 3 is 2.53 bits per heavy atom. The van der Waals surface area contributed by atoms with Crippen molar-refractivity contribution in [1.29, 1.82) is 0 Å². The van der Waals surface area contributed by atoms with Crippen molar-refractivity contribution < 1.29 is 34.0 Å². The molecule has 2 aliphatic rings. The van der Waals surface area contributed by atoms with Gasteiger partial charge in [0.15, 0.2) is 17.6 Å². The molecule has 34 heavy (non-hydrogen) atoms. The summed E-state index contributed by atoms with van der Waals surface area (Å²) >= 11 is 0. The molecule has 0 radical (unpaired) electrons. The maximum atomic E-state index is 12.2. The van der Waals surface area contributed by atoms with Gasteiger partial charge in [-0.3, -0.25) is 4.90 Å². The standard InChI is InChI=1S/C25H38N2O7/c1-15(2)9-17-13-27-8-6-16-11-22(32-3)23(33-4)12-19(16)20(27)10-18(17)14-34-25(31)26-7-5-21(28)24(29)30/h11-12,15,17-18,20-21,28H,5-10,13-14H2,1-4H3,(H,26,31)(H,29,30). The molecule has 1 amide bonds. The van der Waals surface area contributed by atoms with Crippen molar-refractivity contribution in [3.63, 3.8) is 0 Å². The van der Waals surface area contributed by atoms with Crippen LogP contribution in [0.4, 0.5) is 4.79 Å². The van der Waals surface area contributed by atoms with E-state index in [9.17, 15) is 14.7 Å². The number of carbonyl (C=O) groups is 2. The lowest BCUT2D eigenvalue weighted by atomic mass is 9.74. The van der Waals surface area contributed by atoms with E-state index >= 15 is 0 Å². The molecular weight excluding hydrogens is 440 g/mol. The minimum absolute atomic E-state index is 0.0395. The van der Waals surface area contributed by atoms with Crippen molar-refractivity contribution in [2.24, 2.45) is 17.8 Å². The second-order valence-corrected chi connectivity index (χ2v) is 9.72. The first kappa shape index (κ1) is 26.1. The quantitative estimate of drug-likeness (QED) is 0.470. The number of nitrogens with one attached hydrogen (secondary N) is 1. The summed E-state index contributed by atoms with van der Waals surface area (Å²) in [6, 6.07) is 4.40. The largest absolute Gasteiger partial charge is 0.493 e. The maximum absolute atomic E-state index is 12.2. The zero-order chi connectivity index (χ0) is 24.8. The van der Waals surface area contributed by atoms with E-state index < -0.39 is 18.2 Å². The molecule has 1 aromatic carbocycles. The Labute approximate surface area is 201 Å². The lowest BCUT2D eigenvalue weighted by Crippen LogP contribution is -2.47. The number of aliphatic carboxylic acids is 1. The molecule has 1 saturated heterocycles. The zero-order valence-electron chi connectivity index (χ0n) is 20.6. The summed E-state index contributed by atoms with van der Waals surface area (Å²) in [6.07, 6.45) is 0.753. The normalized spacial score (nSPS) is 22.9. The molecule has 190 valence electrons. The first-order valence-electron chi connectivity index (χ1n) is 12.0. The molecule has 1 fully saturated rings. The molecule has 2 aliphatic heterocycles. The van der Waals surface area contributed by atoms with Crippen LogP contribution < -0.4 is 14.8 Å². The summed E-state index contributed by atoms with van der Waals surface area (Å²) in [5, 5.41) is 20.6. The Bertz CT molecular complexity index is 860. The van der Waals surface area contributed by atoms with Gasteiger partial charge in [0.05, 0.1) is 20.8 Å². The van der Waals surface area contributed by atoms with Crippen LogP contribution in [-0.4, -0.2) is 73.7 Å². The summed E-state index contributed by atoms with van der Waals surface area (Å²) in [5.41, 5.74) is 2.53. The van der Waals surface area contributed by atoms with Gasteiger partial charge in [0.2, 0.25) is 0 Å². The van der Waals surface area contributed by atoms with Crippen molar-refractivity contribution in [3.8, 4) is 11.5 Å². The summed E-state index contributed by atoms with van der Waals surface area (Å²) in [4.78, 5) is 25.4. The van der Waals surface area contributed by atoms with Crippen LogP contribution in [0, 0.1) is 17.8 Å². The van der Waals surface area contributed by atoms with Gasteiger partial charge in [-0.15, -0.1) is 0 Å². The Kier molecular flexibility index (Phi) is 9.02. The lowest BCUT2D eigenvalue weighted by molar-refractivity contribution is -0.146. The number of alkyl carbamates (subject to hydrolysis) is 1. The molecule has 4 unspecified atom stereocenters. The first-order valence-corrected chi connectivity index (χ1v) is 12.0. The van der Waals surface area contributed by atoms with Gasteiger partial charge in [-0.05, 0) is 60.3 Å². The fraction of sp³-hybridized carbons (Fsp3) is 0.680. The maximum Gasteiger partial charge on any atom is 0.407 e. The zero-order valence-corrected chi connectivity index (χ0v) is 20.6. The van der Waals surface area contributed by atoms with Gasteiger partial charge in [-0.25, -0.2) is 9.59 Å². The Hall–Kier alpha value is -2.52. The third-order valence-electron chi connectivity index (χ3n) is 6.95. The van der Waals surface area contributed by atoms with Gasteiger partial charge in [0.25, 0.3) is 0 Å². The monoisotopic (exact) mass is 478 g/mol. The summed E-state index contributed by atoms with van der Waals surface area (Å²) in [5.74, 6) is 1.32. The number of aliphatic hydroxyl groups is 1. The smallest absolute Gasteiger partial charge is 0.407 e. The number of carbonyl (C=O) groups excluding carboxylic acids is 1. The number of fused-ring (bicyclic) bond motifs is 3. The van der Waals surface area contributed by atoms with Gasteiger partial charge in [0.1, 0.15) is 0 Å². The van der Waals surface area contributed by atoms with Gasteiger partial charge in [0, 0.05) is 32.1 Å². The van der Waals surface area contributed by atoms with Crippen LogP contribution in [0.1, 0.15) is 50.3 Å². The highest BCUT2D eigenvalue weighted by atomic mass is 16.5. The van der Waals surface area contributed by atoms with Crippen LogP contribution in [0.5, 0.6) is 11.5 Å². The van der Waals surface area contributed by atoms with E-state index in [0.29, 0.717) is 18.4 Å². The SMILES string of the molecule is COc1cc2c(cc1OC)C1CC(COC(=O)NCCC(O)C(=O)O)C(CC(C)C)CN1CC2. The number of rotatable bonds is 10. The summed E-state index contributed by atoms with van der Waals surface area (Å²) in [6.45, 7) is 6.72. The van der Waals surface area contributed by atoms with Crippen molar-refractivity contribution >= 4 is 12.1 Å². The molecule has 1 aromatic rings. The number of benzene rings is 1. The van der Waals surface area contributed by atoms with E-state index in [-0.39, 0.29) is 24.9 Å². The Morgan fingerprint density at radius 2 is 1.88 bits per heavy atom. The highest BCUT2D eigenvalue weighted by Gasteiger charge is 2.40. The number of piperidine rings is 1. The number of hydrogen-bond acceptors (Lipinski definition) is 7. The number of carboxylic acids is 1. The van der Waals surface area contributed by atoms with Crippen LogP contribution in [0.3, 0.4) is 0 Å². The van der Waals surface area contributed by atoms with Gasteiger partial charge in [-0.1, -0.05) is 13.8 Å². The van der Waals surface area contributed by atoms with Gasteiger partial charge >= 0.3 is 12.1 Å². The van der Waals surface area contributed by atoms with Crippen LogP contribution in [0.25, 0.3) is 0 Å². The third kappa shape index (κ3) is 6.33. The second kappa shape index (κ2) is 11.8.